The van der Waals surface area contributed by atoms with Gasteiger partial charge in [0.25, 0.3) is 0 Å². The molecule has 13 rings (SSSR count). The Morgan fingerprint density at radius 3 is 1.40 bits per heavy atom. The van der Waals surface area contributed by atoms with Crippen LogP contribution in [0.2, 0.25) is 0 Å². The van der Waals surface area contributed by atoms with Gasteiger partial charge in [-0.1, -0.05) is 194 Å². The van der Waals surface area contributed by atoms with Crippen molar-refractivity contribution in [2.24, 2.45) is 0 Å². The third kappa shape index (κ3) is 6.69. The lowest BCUT2D eigenvalue weighted by molar-refractivity contribution is 1.25. The Balaban J connectivity index is 1.11. The van der Waals surface area contributed by atoms with E-state index in [1.165, 1.54) is 77.6 Å². The van der Waals surface area contributed by atoms with Gasteiger partial charge in [0.05, 0.1) is 5.69 Å². The lowest BCUT2D eigenvalue weighted by atomic mass is 9.43. The highest BCUT2D eigenvalue weighted by Gasteiger charge is 2.46. The maximum Gasteiger partial charge on any atom is 0.333 e. The van der Waals surface area contributed by atoms with Gasteiger partial charge in [-0.05, 0) is 128 Å². The van der Waals surface area contributed by atoms with Crippen molar-refractivity contribution < 1.29 is 0 Å². The Labute approximate surface area is 398 Å². The van der Waals surface area contributed by atoms with Crippen LogP contribution in [0.1, 0.15) is 0 Å². The van der Waals surface area contributed by atoms with E-state index < -0.39 is 0 Å². The van der Waals surface area contributed by atoms with Crippen LogP contribution in [0.5, 0.6) is 0 Å². The van der Waals surface area contributed by atoms with Crippen LogP contribution in [0.15, 0.2) is 267 Å². The molecule has 0 amide bonds. The molecule has 2 heterocycles. The van der Waals surface area contributed by atoms with E-state index in [-0.39, 0.29) is 6.85 Å². The molecule has 4 heteroatoms. The number of fused-ring (bicyclic) bond motifs is 6. The van der Waals surface area contributed by atoms with Crippen LogP contribution in [0.4, 0.5) is 45.5 Å². The van der Waals surface area contributed by atoms with E-state index in [9.17, 15) is 0 Å². The monoisotopic (exact) mass is 865 g/mol. The molecule has 318 valence electrons. The normalized spacial score (nSPS) is 12.3. The third-order valence-corrected chi connectivity index (χ3v) is 13.8. The zero-order chi connectivity index (χ0) is 45.0. The zero-order valence-corrected chi connectivity index (χ0v) is 37.3. The standard InChI is InChI=1S/C64H44BN3/c1-6-18-45(19-7-1)48-30-35-54(36-31-48)67-62-44-56(66(52-25-12-4-13-26-52)53-27-14-5-15-28-53)39-41-60(62)65-63-59(42-51-24-16-17-29-57(51)64(63)67)58-40-34-50(47-22-10-3-11-23-47)43-61(58)68(65)55-37-32-49(33-38-55)46-20-8-2-9-21-46/h1-44H. The number of hydrogen-bond acceptors (Lipinski definition) is 3. The van der Waals surface area contributed by atoms with Crippen LogP contribution in [-0.2, 0) is 0 Å². The van der Waals surface area contributed by atoms with E-state index in [0.717, 1.165) is 34.1 Å². The molecule has 0 radical (unpaired) electrons. The van der Waals surface area contributed by atoms with E-state index >= 15 is 0 Å². The van der Waals surface area contributed by atoms with E-state index in [2.05, 4.69) is 282 Å². The molecule has 0 atom stereocenters. The first-order chi connectivity index (χ1) is 33.7. The van der Waals surface area contributed by atoms with Gasteiger partial charge in [0.15, 0.2) is 0 Å². The molecule has 0 N–H and O–H groups in total. The lowest BCUT2D eigenvalue weighted by Gasteiger charge is -2.46. The van der Waals surface area contributed by atoms with Crippen molar-refractivity contribution in [3.05, 3.63) is 267 Å². The van der Waals surface area contributed by atoms with Gasteiger partial charge in [0, 0.05) is 50.8 Å². The topological polar surface area (TPSA) is 9.72 Å². The second kappa shape index (κ2) is 16.5. The van der Waals surface area contributed by atoms with Crippen molar-refractivity contribution >= 4 is 74.0 Å². The minimum absolute atomic E-state index is 0.170. The fourth-order valence-corrected chi connectivity index (χ4v) is 10.7. The van der Waals surface area contributed by atoms with Crippen LogP contribution < -0.4 is 25.5 Å². The SMILES string of the molecule is c1ccc(-c2ccc(N3B4c5ccc(N(c6ccccc6)c6ccccc6)cc5N(c5ccc(-c6ccccc6)cc5)c5c4c(cc4ccccc54)-c4ccc(-c5ccccc5)cc43)cc2)cc1. The fraction of sp³-hybridized carbons (Fsp3) is 0. The minimum Gasteiger partial charge on any atom is -0.376 e. The van der Waals surface area contributed by atoms with Crippen molar-refractivity contribution in [3.8, 4) is 44.5 Å². The number of para-hydroxylation sites is 2. The molecular formula is C64H44BN3. The summed E-state index contributed by atoms with van der Waals surface area (Å²) in [4.78, 5) is 7.56. The van der Waals surface area contributed by atoms with Gasteiger partial charge in [-0.2, -0.15) is 0 Å². The average Bonchev–Trinajstić information content (AvgIpc) is 3.42. The summed E-state index contributed by atoms with van der Waals surface area (Å²) in [5.74, 6) is 0. The Hall–Kier alpha value is -8.86. The fourth-order valence-electron chi connectivity index (χ4n) is 10.7. The Bertz CT molecular complexity index is 3560. The first kappa shape index (κ1) is 39.5. The summed E-state index contributed by atoms with van der Waals surface area (Å²) in [6.45, 7) is -0.170. The number of anilines is 8. The van der Waals surface area contributed by atoms with Gasteiger partial charge in [-0.3, -0.25) is 0 Å². The number of hydrogen-bond donors (Lipinski definition) is 0. The van der Waals surface area contributed by atoms with E-state index in [4.69, 9.17) is 0 Å². The summed E-state index contributed by atoms with van der Waals surface area (Å²) in [7, 11) is 0. The molecule has 3 nitrogen and oxygen atoms in total. The number of nitrogens with zero attached hydrogens (tertiary/aromatic N) is 3. The molecule has 0 bridgehead atoms. The van der Waals surface area contributed by atoms with E-state index in [1.807, 2.05) is 0 Å². The van der Waals surface area contributed by atoms with Crippen molar-refractivity contribution in [1.29, 1.82) is 0 Å². The summed E-state index contributed by atoms with van der Waals surface area (Å²) >= 11 is 0. The summed E-state index contributed by atoms with van der Waals surface area (Å²) in [5.41, 5.74) is 21.2. The maximum atomic E-state index is 2.62. The third-order valence-electron chi connectivity index (χ3n) is 13.8. The molecule has 0 saturated heterocycles. The summed E-state index contributed by atoms with van der Waals surface area (Å²) in [6, 6.07) is 97.6. The highest BCUT2D eigenvalue weighted by Crippen LogP contribution is 2.51. The van der Waals surface area contributed by atoms with Gasteiger partial charge in [0.1, 0.15) is 0 Å². The van der Waals surface area contributed by atoms with Crippen LogP contribution >= 0.6 is 0 Å². The van der Waals surface area contributed by atoms with Crippen LogP contribution in [0, 0.1) is 0 Å². The molecule has 68 heavy (non-hydrogen) atoms. The maximum absolute atomic E-state index is 2.62. The lowest BCUT2D eigenvalue weighted by Crippen LogP contribution is -2.61. The van der Waals surface area contributed by atoms with Crippen molar-refractivity contribution in [1.82, 2.24) is 0 Å². The molecule has 0 spiro atoms. The quantitative estimate of drug-likeness (QED) is 0.141. The molecule has 2 aliphatic rings. The van der Waals surface area contributed by atoms with Crippen molar-refractivity contribution in [2.45, 2.75) is 0 Å². The van der Waals surface area contributed by atoms with E-state index in [1.54, 1.807) is 0 Å². The molecule has 0 aromatic heterocycles. The number of benzene rings is 11. The number of rotatable bonds is 8. The molecule has 0 saturated carbocycles. The second-order valence-corrected chi connectivity index (χ2v) is 17.7. The molecule has 11 aromatic carbocycles. The zero-order valence-electron chi connectivity index (χ0n) is 37.3. The molecule has 2 aliphatic heterocycles. The molecule has 11 aromatic rings. The minimum atomic E-state index is -0.170. The Kier molecular flexibility index (Phi) is 9.61. The van der Waals surface area contributed by atoms with Crippen molar-refractivity contribution in [2.75, 3.05) is 14.6 Å². The molecular weight excluding hydrogens is 822 g/mol. The molecule has 0 aliphatic carbocycles. The summed E-state index contributed by atoms with van der Waals surface area (Å²) in [6.07, 6.45) is 0. The van der Waals surface area contributed by atoms with Gasteiger partial charge in [-0.25, -0.2) is 0 Å². The van der Waals surface area contributed by atoms with Crippen LogP contribution in [0.25, 0.3) is 55.3 Å². The van der Waals surface area contributed by atoms with E-state index in [0.29, 0.717) is 0 Å². The van der Waals surface area contributed by atoms with Gasteiger partial charge >= 0.3 is 6.85 Å². The summed E-state index contributed by atoms with van der Waals surface area (Å²) in [5, 5.41) is 2.42. The van der Waals surface area contributed by atoms with Crippen molar-refractivity contribution in [3.63, 3.8) is 0 Å². The highest BCUT2D eigenvalue weighted by molar-refractivity contribution is 6.94. The molecule has 0 fully saturated rings. The first-order valence-electron chi connectivity index (χ1n) is 23.5. The summed E-state index contributed by atoms with van der Waals surface area (Å²) < 4.78 is 0. The Morgan fingerprint density at radius 2 is 0.809 bits per heavy atom. The van der Waals surface area contributed by atoms with Gasteiger partial charge < -0.3 is 14.6 Å². The Morgan fingerprint density at radius 1 is 0.324 bits per heavy atom. The average molecular weight is 866 g/mol. The largest absolute Gasteiger partial charge is 0.376 e. The predicted molar refractivity (Wildman–Crippen MR) is 289 cm³/mol. The van der Waals surface area contributed by atoms with Gasteiger partial charge in [-0.15, -0.1) is 0 Å². The smallest absolute Gasteiger partial charge is 0.333 e. The highest BCUT2D eigenvalue weighted by atomic mass is 15.2. The second-order valence-electron chi connectivity index (χ2n) is 17.7. The predicted octanol–water partition coefficient (Wildman–Crippen LogP) is 16.0. The van der Waals surface area contributed by atoms with Crippen LogP contribution in [-0.4, -0.2) is 6.85 Å². The molecule has 0 unspecified atom stereocenters. The first-order valence-corrected chi connectivity index (χ1v) is 23.5. The van der Waals surface area contributed by atoms with Crippen LogP contribution in [0.3, 0.4) is 0 Å². The van der Waals surface area contributed by atoms with Gasteiger partial charge in [0.2, 0.25) is 0 Å².